The molecule has 0 spiro atoms. The number of nitrogens with zero attached hydrogens (tertiary/aromatic N) is 1. The third kappa shape index (κ3) is 2.14. The van der Waals surface area contributed by atoms with Crippen molar-refractivity contribution in [1.82, 2.24) is 5.32 Å². The number of hydrogen-bond acceptors (Lipinski definition) is 3. The van der Waals surface area contributed by atoms with Gasteiger partial charge in [-0.15, -0.1) is 6.42 Å². The maximum absolute atomic E-state index is 13.0. The molecule has 2 heterocycles. The Kier molecular flexibility index (Phi) is 3.22. The average Bonchev–Trinajstić information content (AvgIpc) is 2.94. The number of terminal acetylenes is 1. The van der Waals surface area contributed by atoms with Crippen molar-refractivity contribution < 1.29 is 9.59 Å². The number of fused-ring (bicyclic) bond motifs is 2. The Balaban J connectivity index is 1.84. The highest BCUT2D eigenvalue weighted by atomic mass is 16.2. The second-order valence-corrected chi connectivity index (χ2v) is 7.96. The van der Waals surface area contributed by atoms with Crippen LogP contribution in [0.15, 0.2) is 36.4 Å². The Morgan fingerprint density at radius 1 is 0.885 bits per heavy atom. The lowest BCUT2D eigenvalue weighted by Gasteiger charge is -2.26. The lowest BCUT2D eigenvalue weighted by Crippen LogP contribution is -2.40. The van der Waals surface area contributed by atoms with Gasteiger partial charge in [0.25, 0.3) is 11.8 Å². The molecule has 4 rings (SSSR count). The largest absolute Gasteiger partial charge is 0.299 e. The highest BCUT2D eigenvalue weighted by Crippen LogP contribution is 2.43. The van der Waals surface area contributed by atoms with E-state index in [1.165, 1.54) is 4.90 Å². The average molecular weight is 344 g/mol. The Bertz CT molecular complexity index is 955. The quantitative estimate of drug-likeness (QED) is 0.636. The smallest absolute Gasteiger partial charge is 0.266 e. The molecule has 2 aliphatic heterocycles. The van der Waals surface area contributed by atoms with Crippen LogP contribution in [0, 0.1) is 12.3 Å². The van der Waals surface area contributed by atoms with Gasteiger partial charge in [-0.1, -0.05) is 5.92 Å². The van der Waals surface area contributed by atoms with Gasteiger partial charge in [-0.25, -0.2) is 4.90 Å². The van der Waals surface area contributed by atoms with Crippen LogP contribution in [0.1, 0.15) is 65.1 Å². The summed E-state index contributed by atoms with van der Waals surface area (Å²) in [7, 11) is 0. The molecule has 4 heteroatoms. The van der Waals surface area contributed by atoms with E-state index in [1.54, 1.807) is 24.3 Å². The van der Waals surface area contributed by atoms with Crippen LogP contribution in [-0.4, -0.2) is 11.8 Å². The number of nitrogens with one attached hydrogen (secondary N) is 1. The van der Waals surface area contributed by atoms with Gasteiger partial charge in [0, 0.05) is 16.6 Å². The molecule has 0 saturated carbocycles. The highest BCUT2D eigenvalue weighted by Gasteiger charge is 2.45. The van der Waals surface area contributed by atoms with Crippen LogP contribution < -0.4 is 10.2 Å². The normalized spacial score (nSPS) is 19.3. The number of carbonyl (C=O) groups is 2. The summed E-state index contributed by atoms with van der Waals surface area (Å²) in [5.41, 5.74) is 3.76. The van der Waals surface area contributed by atoms with Crippen LogP contribution in [0.25, 0.3) is 0 Å². The van der Waals surface area contributed by atoms with E-state index < -0.39 is 0 Å². The lowest BCUT2D eigenvalue weighted by molar-refractivity contribution is 0.0926. The van der Waals surface area contributed by atoms with Crippen LogP contribution in [0.3, 0.4) is 0 Å². The summed E-state index contributed by atoms with van der Waals surface area (Å²) >= 11 is 0. The SMILES string of the molecule is C#Cc1ccc(N2C(=O)c3cc4c(cc3C2=O)C(C)(C)NC4(C)C)cc1. The van der Waals surface area contributed by atoms with Gasteiger partial charge in [-0.3, -0.25) is 14.9 Å². The van der Waals surface area contributed by atoms with E-state index in [0.717, 1.165) is 11.1 Å². The van der Waals surface area contributed by atoms with Crippen molar-refractivity contribution in [3.63, 3.8) is 0 Å². The predicted octanol–water partition coefficient (Wildman–Crippen LogP) is 3.54. The standard InChI is InChI=1S/C22H20N2O2/c1-6-13-7-9-14(10-8-13)24-19(25)15-11-17-18(12-16(15)20(24)26)22(4,5)23-21(17,2)3/h1,7-12,23H,2-5H3. The van der Waals surface area contributed by atoms with Crippen molar-refractivity contribution in [1.29, 1.82) is 0 Å². The molecule has 0 unspecified atom stereocenters. The molecule has 130 valence electrons. The summed E-state index contributed by atoms with van der Waals surface area (Å²) in [5, 5.41) is 3.57. The van der Waals surface area contributed by atoms with E-state index >= 15 is 0 Å². The number of hydrogen-bond donors (Lipinski definition) is 1. The third-order valence-electron chi connectivity index (χ3n) is 5.29. The summed E-state index contributed by atoms with van der Waals surface area (Å²) in [6.07, 6.45) is 5.38. The molecule has 1 N–H and O–H groups in total. The first-order chi connectivity index (χ1) is 12.2. The third-order valence-corrected chi connectivity index (χ3v) is 5.29. The first kappa shape index (κ1) is 16.6. The van der Waals surface area contributed by atoms with Gasteiger partial charge >= 0.3 is 0 Å². The number of anilines is 1. The fourth-order valence-electron chi connectivity index (χ4n) is 4.18. The maximum Gasteiger partial charge on any atom is 0.266 e. The fourth-order valence-corrected chi connectivity index (χ4v) is 4.18. The second kappa shape index (κ2) is 5.06. The van der Waals surface area contributed by atoms with Crippen LogP contribution in [-0.2, 0) is 11.1 Å². The Morgan fingerprint density at radius 2 is 1.35 bits per heavy atom. The molecule has 0 aliphatic carbocycles. The molecule has 0 bridgehead atoms. The maximum atomic E-state index is 13.0. The minimum atomic E-state index is -0.290. The summed E-state index contributed by atoms with van der Waals surface area (Å²) in [5.74, 6) is 1.96. The van der Waals surface area contributed by atoms with Crippen molar-refractivity contribution in [3.8, 4) is 12.3 Å². The molecule has 2 aromatic carbocycles. The molecule has 2 aromatic rings. The molecular formula is C22H20N2O2. The molecule has 0 fully saturated rings. The zero-order valence-corrected chi connectivity index (χ0v) is 15.3. The minimum Gasteiger partial charge on any atom is -0.299 e. The van der Waals surface area contributed by atoms with Crippen molar-refractivity contribution in [3.05, 3.63) is 64.2 Å². The molecule has 4 nitrogen and oxygen atoms in total. The van der Waals surface area contributed by atoms with Crippen LogP contribution in [0.4, 0.5) is 5.69 Å². The van der Waals surface area contributed by atoms with Gasteiger partial charge in [0.2, 0.25) is 0 Å². The summed E-state index contributed by atoms with van der Waals surface area (Å²) in [4.78, 5) is 27.2. The Labute approximate surface area is 153 Å². The Hall–Kier alpha value is -2.90. The molecule has 26 heavy (non-hydrogen) atoms. The van der Waals surface area contributed by atoms with Gasteiger partial charge in [-0.05, 0) is 75.2 Å². The van der Waals surface area contributed by atoms with Crippen molar-refractivity contribution >= 4 is 17.5 Å². The van der Waals surface area contributed by atoms with Crippen LogP contribution in [0.5, 0.6) is 0 Å². The number of carbonyl (C=O) groups excluding carboxylic acids is 2. The molecular weight excluding hydrogens is 324 g/mol. The van der Waals surface area contributed by atoms with E-state index in [-0.39, 0.29) is 22.9 Å². The van der Waals surface area contributed by atoms with E-state index in [9.17, 15) is 9.59 Å². The van der Waals surface area contributed by atoms with E-state index in [4.69, 9.17) is 6.42 Å². The zero-order chi connectivity index (χ0) is 18.9. The predicted molar refractivity (Wildman–Crippen MR) is 101 cm³/mol. The van der Waals surface area contributed by atoms with Gasteiger partial charge in [0.15, 0.2) is 0 Å². The highest BCUT2D eigenvalue weighted by molar-refractivity contribution is 6.34. The lowest BCUT2D eigenvalue weighted by atomic mass is 9.87. The summed E-state index contributed by atoms with van der Waals surface area (Å²) in [6.45, 7) is 8.35. The second-order valence-electron chi connectivity index (χ2n) is 7.96. The van der Waals surface area contributed by atoms with Gasteiger partial charge < -0.3 is 0 Å². The van der Waals surface area contributed by atoms with Crippen LogP contribution in [0.2, 0.25) is 0 Å². The van der Waals surface area contributed by atoms with Gasteiger partial charge in [0.1, 0.15) is 0 Å². The number of imide groups is 1. The van der Waals surface area contributed by atoms with Crippen molar-refractivity contribution in [2.75, 3.05) is 4.90 Å². The Morgan fingerprint density at radius 3 is 1.77 bits per heavy atom. The van der Waals surface area contributed by atoms with Crippen molar-refractivity contribution in [2.45, 2.75) is 38.8 Å². The first-order valence-electron chi connectivity index (χ1n) is 8.59. The molecule has 0 radical (unpaired) electrons. The molecule has 0 atom stereocenters. The van der Waals surface area contributed by atoms with E-state index in [1.807, 2.05) is 12.1 Å². The first-order valence-corrected chi connectivity index (χ1v) is 8.59. The topological polar surface area (TPSA) is 49.4 Å². The zero-order valence-electron chi connectivity index (χ0n) is 15.3. The molecule has 2 amide bonds. The van der Waals surface area contributed by atoms with Crippen LogP contribution >= 0.6 is 0 Å². The number of rotatable bonds is 1. The molecule has 0 aromatic heterocycles. The van der Waals surface area contributed by atoms with E-state index in [0.29, 0.717) is 22.4 Å². The number of benzene rings is 2. The fraction of sp³-hybridized carbons (Fsp3) is 0.273. The molecule has 0 saturated heterocycles. The summed E-state index contributed by atoms with van der Waals surface area (Å²) in [6, 6.07) is 10.6. The molecule has 2 aliphatic rings. The monoisotopic (exact) mass is 344 g/mol. The summed E-state index contributed by atoms with van der Waals surface area (Å²) < 4.78 is 0. The van der Waals surface area contributed by atoms with Gasteiger partial charge in [0.05, 0.1) is 16.8 Å². The number of amides is 2. The van der Waals surface area contributed by atoms with E-state index in [2.05, 4.69) is 38.9 Å². The minimum absolute atomic E-state index is 0.265. The van der Waals surface area contributed by atoms with Crippen molar-refractivity contribution in [2.24, 2.45) is 0 Å². The van der Waals surface area contributed by atoms with Gasteiger partial charge in [-0.2, -0.15) is 0 Å².